The van der Waals surface area contributed by atoms with Crippen molar-refractivity contribution in [2.24, 2.45) is 0 Å². The van der Waals surface area contributed by atoms with Crippen molar-refractivity contribution in [3.05, 3.63) is 0 Å². The van der Waals surface area contributed by atoms with Crippen LogP contribution in [0.15, 0.2) is 0 Å². The van der Waals surface area contributed by atoms with Crippen molar-refractivity contribution in [3.63, 3.8) is 0 Å². The monoisotopic (exact) mass is 181 g/mol. The van der Waals surface area contributed by atoms with Crippen LogP contribution in [0.5, 0.6) is 0 Å². The van der Waals surface area contributed by atoms with Crippen LogP contribution >= 0.6 is 0 Å². The summed E-state index contributed by atoms with van der Waals surface area (Å²) in [5, 5.41) is 17.4. The van der Waals surface area contributed by atoms with E-state index >= 15 is 0 Å². The molecule has 1 atom stereocenters. The lowest BCUT2D eigenvalue weighted by atomic mass is 10.2. The Balaban J connectivity index is 3.80. The Bertz CT molecular complexity index is 226. The molecule has 1 unspecified atom stereocenters. The summed E-state index contributed by atoms with van der Waals surface area (Å²) in [4.78, 5) is 0. The van der Waals surface area contributed by atoms with Crippen molar-refractivity contribution in [1.82, 2.24) is 0 Å². The van der Waals surface area contributed by atoms with E-state index in [1.165, 1.54) is 0 Å². The summed E-state index contributed by atoms with van der Waals surface area (Å²) in [7, 11) is -1.30. The molecule has 0 fully saturated rings. The normalized spacial score (nSPS) is 12.6. The van der Waals surface area contributed by atoms with Gasteiger partial charge in [-0.25, -0.2) is 0 Å². The summed E-state index contributed by atoms with van der Waals surface area (Å²) in [6.07, 6.45) is 0.0388. The van der Waals surface area contributed by atoms with Gasteiger partial charge in [0.15, 0.2) is 0 Å². The molecule has 0 aromatic rings. The molecule has 0 aliphatic heterocycles. The molecule has 0 saturated heterocycles. The fraction of sp³-hybridized carbons (Fsp3) is 0.667. The van der Waals surface area contributed by atoms with E-state index in [4.69, 9.17) is 10.4 Å². The van der Waals surface area contributed by atoms with Crippen LogP contribution in [0.4, 0.5) is 0 Å². The van der Waals surface area contributed by atoms with E-state index < -0.39 is 14.2 Å². The Morgan fingerprint density at radius 2 is 1.92 bits per heavy atom. The van der Waals surface area contributed by atoms with Crippen molar-refractivity contribution in [1.29, 1.82) is 5.26 Å². The first-order valence-electron chi connectivity index (χ1n) is 4.01. The van der Waals surface area contributed by atoms with Crippen LogP contribution in [0.1, 0.15) is 12.8 Å². The van der Waals surface area contributed by atoms with Gasteiger partial charge in [-0.3, -0.25) is 0 Å². The molecule has 0 radical (unpaired) electrons. The SMILES string of the molecule is C[Si](C)(C)C#CCC(O)CC#N. The summed E-state index contributed by atoms with van der Waals surface area (Å²) in [6.45, 7) is 6.45. The smallest absolute Gasteiger partial charge is 0.129 e. The van der Waals surface area contributed by atoms with E-state index in [1.54, 1.807) is 0 Å². The minimum atomic E-state index is -1.30. The largest absolute Gasteiger partial charge is 0.391 e. The average molecular weight is 181 g/mol. The van der Waals surface area contributed by atoms with Gasteiger partial charge in [0.1, 0.15) is 8.07 Å². The minimum Gasteiger partial charge on any atom is -0.391 e. The molecule has 3 heteroatoms. The van der Waals surface area contributed by atoms with Gasteiger partial charge in [0.05, 0.1) is 18.6 Å². The highest BCUT2D eigenvalue weighted by Crippen LogP contribution is 1.99. The third kappa shape index (κ3) is 7.34. The lowest BCUT2D eigenvalue weighted by Crippen LogP contribution is -2.16. The average Bonchev–Trinajstić information content (AvgIpc) is 1.84. The molecule has 0 spiro atoms. The molecular weight excluding hydrogens is 166 g/mol. The van der Waals surface area contributed by atoms with Crippen LogP contribution in [-0.4, -0.2) is 19.3 Å². The Labute approximate surface area is 75.2 Å². The summed E-state index contributed by atoms with van der Waals surface area (Å²) in [6, 6.07) is 1.91. The highest BCUT2D eigenvalue weighted by atomic mass is 28.3. The van der Waals surface area contributed by atoms with Crippen LogP contribution in [0.25, 0.3) is 0 Å². The van der Waals surface area contributed by atoms with Crippen molar-refractivity contribution in [2.45, 2.75) is 38.6 Å². The van der Waals surface area contributed by atoms with Gasteiger partial charge in [0, 0.05) is 6.42 Å². The Kier molecular flexibility index (Phi) is 4.66. The maximum Gasteiger partial charge on any atom is 0.129 e. The third-order valence-corrected chi connectivity index (χ3v) is 2.05. The van der Waals surface area contributed by atoms with Gasteiger partial charge in [0.2, 0.25) is 0 Å². The molecule has 0 aliphatic rings. The molecule has 1 N–H and O–H groups in total. The molecule has 0 aromatic heterocycles. The van der Waals surface area contributed by atoms with Gasteiger partial charge in [-0.15, -0.1) is 11.5 Å². The van der Waals surface area contributed by atoms with Gasteiger partial charge in [-0.05, 0) is 0 Å². The molecule has 0 amide bonds. The van der Waals surface area contributed by atoms with E-state index in [9.17, 15) is 0 Å². The second kappa shape index (κ2) is 4.98. The first-order chi connectivity index (χ1) is 5.45. The molecule has 0 bridgehead atoms. The van der Waals surface area contributed by atoms with Gasteiger partial charge < -0.3 is 5.11 Å². The quantitative estimate of drug-likeness (QED) is 0.518. The highest BCUT2D eigenvalue weighted by Gasteiger charge is 2.07. The van der Waals surface area contributed by atoms with E-state index in [2.05, 4.69) is 31.1 Å². The van der Waals surface area contributed by atoms with E-state index in [1.807, 2.05) is 6.07 Å². The highest BCUT2D eigenvalue weighted by molar-refractivity contribution is 6.83. The standard InChI is InChI=1S/C9H15NOSi/c1-12(2,3)8-4-5-9(11)6-7-10/h9,11H,5-6H2,1-3H3. The summed E-state index contributed by atoms with van der Waals surface area (Å²) >= 11 is 0. The first kappa shape index (κ1) is 11.2. The fourth-order valence-corrected chi connectivity index (χ4v) is 1.24. The molecule has 66 valence electrons. The van der Waals surface area contributed by atoms with E-state index in [-0.39, 0.29) is 6.42 Å². The number of nitrogens with zero attached hydrogens (tertiary/aromatic N) is 1. The number of hydrogen-bond acceptors (Lipinski definition) is 2. The Morgan fingerprint density at radius 3 is 2.33 bits per heavy atom. The molecule has 0 heterocycles. The van der Waals surface area contributed by atoms with E-state index in [0.717, 1.165) is 0 Å². The van der Waals surface area contributed by atoms with Crippen LogP contribution in [0, 0.1) is 22.8 Å². The lowest BCUT2D eigenvalue weighted by Gasteiger charge is -2.04. The van der Waals surface area contributed by atoms with Crippen LogP contribution in [0.2, 0.25) is 19.6 Å². The number of hydrogen-bond donors (Lipinski definition) is 1. The van der Waals surface area contributed by atoms with E-state index in [0.29, 0.717) is 6.42 Å². The number of rotatable bonds is 2. The molecular formula is C9H15NOSi. The molecule has 12 heavy (non-hydrogen) atoms. The number of aliphatic hydroxyl groups is 1. The molecule has 0 saturated carbocycles. The summed E-state index contributed by atoms with van der Waals surface area (Å²) in [5.74, 6) is 2.92. The maximum atomic E-state index is 9.14. The lowest BCUT2D eigenvalue weighted by molar-refractivity contribution is 0.185. The summed E-state index contributed by atoms with van der Waals surface area (Å²) < 4.78 is 0. The van der Waals surface area contributed by atoms with Gasteiger partial charge in [0.25, 0.3) is 0 Å². The molecule has 0 aromatic carbocycles. The van der Waals surface area contributed by atoms with Crippen molar-refractivity contribution in [2.75, 3.05) is 0 Å². The minimum absolute atomic E-state index is 0.181. The van der Waals surface area contributed by atoms with Gasteiger partial charge in [-0.1, -0.05) is 19.6 Å². The Hall–Kier alpha value is -0.773. The third-order valence-electron chi connectivity index (χ3n) is 1.13. The molecule has 2 nitrogen and oxygen atoms in total. The van der Waals surface area contributed by atoms with Crippen LogP contribution < -0.4 is 0 Å². The summed E-state index contributed by atoms with van der Waals surface area (Å²) in [5.41, 5.74) is 3.13. The Morgan fingerprint density at radius 1 is 1.33 bits per heavy atom. The zero-order chi connectivity index (χ0) is 9.61. The second-order valence-electron chi connectivity index (χ2n) is 3.77. The van der Waals surface area contributed by atoms with Crippen LogP contribution in [-0.2, 0) is 0 Å². The predicted octanol–water partition coefficient (Wildman–Crippen LogP) is 1.53. The van der Waals surface area contributed by atoms with Gasteiger partial charge in [-0.2, -0.15) is 5.26 Å². The maximum absolute atomic E-state index is 9.14. The van der Waals surface area contributed by atoms with Gasteiger partial charge >= 0.3 is 0 Å². The second-order valence-corrected chi connectivity index (χ2v) is 8.52. The van der Waals surface area contributed by atoms with Crippen LogP contribution in [0.3, 0.4) is 0 Å². The predicted molar refractivity (Wildman–Crippen MR) is 52.0 cm³/mol. The fourth-order valence-electron chi connectivity index (χ4n) is 0.612. The zero-order valence-corrected chi connectivity index (χ0v) is 8.89. The number of nitriles is 1. The topological polar surface area (TPSA) is 44.0 Å². The number of aliphatic hydroxyl groups excluding tert-OH is 1. The van der Waals surface area contributed by atoms with Crippen molar-refractivity contribution < 1.29 is 5.11 Å². The first-order valence-corrected chi connectivity index (χ1v) is 7.51. The molecule has 0 aliphatic carbocycles. The molecule has 0 rings (SSSR count). The van der Waals surface area contributed by atoms with Crippen molar-refractivity contribution in [3.8, 4) is 17.5 Å². The van der Waals surface area contributed by atoms with Crippen molar-refractivity contribution >= 4 is 8.07 Å². The zero-order valence-electron chi connectivity index (χ0n) is 7.89.